The number of benzene rings is 1. The maximum absolute atomic E-state index is 12.0. The monoisotopic (exact) mass is 282 g/mol. The first-order valence-electron chi connectivity index (χ1n) is 5.29. The van der Waals surface area contributed by atoms with Crippen LogP contribution in [0, 0.1) is 0 Å². The van der Waals surface area contributed by atoms with E-state index in [1.807, 2.05) is 6.92 Å². The van der Waals surface area contributed by atoms with E-state index in [9.17, 15) is 4.79 Å². The van der Waals surface area contributed by atoms with Crippen molar-refractivity contribution in [2.45, 2.75) is 13.3 Å². The van der Waals surface area contributed by atoms with Gasteiger partial charge in [-0.05, 0) is 36.2 Å². The maximum atomic E-state index is 12.0. The van der Waals surface area contributed by atoms with Gasteiger partial charge in [0.2, 0.25) is 0 Å². The molecule has 0 aliphatic heterocycles. The number of halogens is 1. The molecule has 0 aliphatic carbocycles. The predicted octanol–water partition coefficient (Wildman–Crippen LogP) is 2.59. The van der Waals surface area contributed by atoms with Gasteiger partial charge in [0.1, 0.15) is 4.88 Å². The summed E-state index contributed by atoms with van der Waals surface area (Å²) < 4.78 is 3.77. The van der Waals surface area contributed by atoms with Crippen LogP contribution in [0.4, 0.5) is 11.4 Å². The highest BCUT2D eigenvalue weighted by Gasteiger charge is 2.16. The predicted molar refractivity (Wildman–Crippen MR) is 73.1 cm³/mol. The first-order valence-corrected chi connectivity index (χ1v) is 6.44. The third-order valence-electron chi connectivity index (χ3n) is 2.36. The molecule has 3 N–H and O–H groups in total. The van der Waals surface area contributed by atoms with Crippen molar-refractivity contribution < 1.29 is 4.79 Å². The molecular weight excluding hydrogens is 272 g/mol. The highest BCUT2D eigenvalue weighted by atomic mass is 35.5. The lowest BCUT2D eigenvalue weighted by atomic mass is 10.2. The highest BCUT2D eigenvalue weighted by Crippen LogP contribution is 2.24. The maximum Gasteiger partial charge on any atom is 0.269 e. The van der Waals surface area contributed by atoms with Gasteiger partial charge in [-0.2, -0.15) is 0 Å². The Morgan fingerprint density at radius 3 is 3.06 bits per heavy atom. The molecule has 7 heteroatoms. The normalized spacial score (nSPS) is 10.3. The zero-order valence-electron chi connectivity index (χ0n) is 9.61. The second kappa shape index (κ2) is 5.32. The SMILES string of the molecule is CCc1nnsc1C(=O)Nc1cc(Cl)ccc1N. The molecule has 0 atom stereocenters. The first-order chi connectivity index (χ1) is 8.61. The van der Waals surface area contributed by atoms with Crippen LogP contribution < -0.4 is 11.1 Å². The molecule has 0 unspecified atom stereocenters. The molecule has 0 saturated heterocycles. The van der Waals surface area contributed by atoms with Crippen LogP contribution in [0.2, 0.25) is 5.02 Å². The number of carbonyl (C=O) groups excluding carboxylic acids is 1. The van der Waals surface area contributed by atoms with E-state index in [-0.39, 0.29) is 5.91 Å². The fourth-order valence-electron chi connectivity index (χ4n) is 1.43. The molecule has 2 rings (SSSR count). The average Bonchev–Trinajstić information content (AvgIpc) is 2.82. The minimum atomic E-state index is -0.268. The van der Waals surface area contributed by atoms with Gasteiger partial charge in [0.05, 0.1) is 17.1 Å². The van der Waals surface area contributed by atoms with Gasteiger partial charge in [0.25, 0.3) is 5.91 Å². The van der Waals surface area contributed by atoms with Gasteiger partial charge in [-0.1, -0.05) is 23.0 Å². The first kappa shape index (κ1) is 12.8. The minimum Gasteiger partial charge on any atom is -0.397 e. The second-order valence-electron chi connectivity index (χ2n) is 3.59. The van der Waals surface area contributed by atoms with Gasteiger partial charge in [-0.15, -0.1) is 5.10 Å². The number of carbonyl (C=O) groups is 1. The lowest BCUT2D eigenvalue weighted by Gasteiger charge is -2.07. The summed E-state index contributed by atoms with van der Waals surface area (Å²) in [6, 6.07) is 4.91. The van der Waals surface area contributed by atoms with Crippen molar-refractivity contribution in [3.05, 3.63) is 33.8 Å². The summed E-state index contributed by atoms with van der Waals surface area (Å²) in [4.78, 5) is 12.5. The molecule has 0 radical (unpaired) electrons. The molecule has 0 saturated carbocycles. The van der Waals surface area contributed by atoms with Crippen LogP contribution in [0.5, 0.6) is 0 Å². The topological polar surface area (TPSA) is 80.9 Å². The van der Waals surface area contributed by atoms with Gasteiger partial charge in [0, 0.05) is 5.02 Å². The summed E-state index contributed by atoms with van der Waals surface area (Å²) in [6.07, 6.45) is 0.657. The van der Waals surface area contributed by atoms with Crippen molar-refractivity contribution in [3.8, 4) is 0 Å². The summed E-state index contributed by atoms with van der Waals surface area (Å²) >= 11 is 6.92. The zero-order chi connectivity index (χ0) is 13.1. The molecule has 1 heterocycles. The smallest absolute Gasteiger partial charge is 0.269 e. The lowest BCUT2D eigenvalue weighted by Crippen LogP contribution is -2.13. The van der Waals surface area contributed by atoms with E-state index in [1.54, 1.807) is 18.2 Å². The van der Waals surface area contributed by atoms with Crippen molar-refractivity contribution in [2.24, 2.45) is 0 Å². The molecule has 0 bridgehead atoms. The quantitative estimate of drug-likeness (QED) is 0.848. The Kier molecular flexibility index (Phi) is 3.78. The highest BCUT2D eigenvalue weighted by molar-refractivity contribution is 7.08. The minimum absolute atomic E-state index is 0.268. The Bertz CT molecular complexity index is 584. The van der Waals surface area contributed by atoms with Crippen LogP contribution in [0.1, 0.15) is 22.3 Å². The number of amides is 1. The summed E-state index contributed by atoms with van der Waals surface area (Å²) in [5.41, 5.74) is 7.39. The number of rotatable bonds is 3. The second-order valence-corrected chi connectivity index (χ2v) is 4.78. The summed E-state index contributed by atoms with van der Waals surface area (Å²) in [5, 5.41) is 7.11. The number of hydrogen-bond acceptors (Lipinski definition) is 5. The third-order valence-corrected chi connectivity index (χ3v) is 3.36. The molecule has 1 amide bonds. The Balaban J connectivity index is 2.24. The van der Waals surface area contributed by atoms with Gasteiger partial charge >= 0.3 is 0 Å². The van der Waals surface area contributed by atoms with Crippen LogP contribution in [-0.2, 0) is 6.42 Å². The van der Waals surface area contributed by atoms with E-state index in [2.05, 4.69) is 14.9 Å². The van der Waals surface area contributed by atoms with Gasteiger partial charge in [-0.25, -0.2) is 0 Å². The van der Waals surface area contributed by atoms with E-state index < -0.39 is 0 Å². The Morgan fingerprint density at radius 1 is 1.56 bits per heavy atom. The number of hydrogen-bond donors (Lipinski definition) is 2. The van der Waals surface area contributed by atoms with Crippen LogP contribution in [0.15, 0.2) is 18.2 Å². The van der Waals surface area contributed by atoms with E-state index in [4.69, 9.17) is 17.3 Å². The fraction of sp³-hybridized carbons (Fsp3) is 0.182. The van der Waals surface area contributed by atoms with E-state index in [0.29, 0.717) is 33.4 Å². The average molecular weight is 283 g/mol. The van der Waals surface area contributed by atoms with Crippen molar-refractivity contribution in [1.82, 2.24) is 9.59 Å². The number of nitrogens with one attached hydrogen (secondary N) is 1. The third kappa shape index (κ3) is 2.60. The van der Waals surface area contributed by atoms with Crippen molar-refractivity contribution in [3.63, 3.8) is 0 Å². The Hall–Kier alpha value is -1.66. The number of nitrogens with two attached hydrogens (primary N) is 1. The fourth-order valence-corrected chi connectivity index (χ4v) is 2.25. The molecule has 1 aromatic heterocycles. The number of nitrogen functional groups attached to an aromatic ring is 1. The molecule has 1 aromatic carbocycles. The largest absolute Gasteiger partial charge is 0.397 e. The molecule has 0 spiro atoms. The molecule has 0 aliphatic rings. The molecular formula is C11H11ClN4OS. The van der Waals surface area contributed by atoms with Crippen LogP contribution in [0.3, 0.4) is 0 Å². The van der Waals surface area contributed by atoms with Gasteiger partial charge in [-0.3, -0.25) is 4.79 Å². The summed E-state index contributed by atoms with van der Waals surface area (Å²) in [5.74, 6) is -0.268. The number of anilines is 2. The van der Waals surface area contributed by atoms with E-state index in [0.717, 1.165) is 11.5 Å². The van der Waals surface area contributed by atoms with Crippen molar-refractivity contribution >= 4 is 40.4 Å². The standard InChI is InChI=1S/C11H11ClN4OS/c1-2-8-10(18-16-15-8)11(17)14-9-5-6(12)3-4-7(9)13/h3-5H,2,13H2,1H3,(H,14,17). The van der Waals surface area contributed by atoms with Crippen molar-refractivity contribution in [1.29, 1.82) is 0 Å². The molecule has 2 aromatic rings. The Labute approximate surface area is 113 Å². The zero-order valence-corrected chi connectivity index (χ0v) is 11.2. The van der Waals surface area contributed by atoms with Crippen molar-refractivity contribution in [2.75, 3.05) is 11.1 Å². The number of nitrogens with zero attached hydrogens (tertiary/aromatic N) is 2. The van der Waals surface area contributed by atoms with Crippen LogP contribution in [-0.4, -0.2) is 15.5 Å². The summed E-state index contributed by atoms with van der Waals surface area (Å²) in [6.45, 7) is 1.92. The number of aryl methyl sites for hydroxylation is 1. The van der Waals surface area contributed by atoms with Gasteiger partial charge in [0.15, 0.2) is 0 Å². The van der Waals surface area contributed by atoms with Gasteiger partial charge < -0.3 is 11.1 Å². The lowest BCUT2D eigenvalue weighted by molar-refractivity contribution is 0.102. The summed E-state index contributed by atoms with van der Waals surface area (Å²) in [7, 11) is 0. The molecule has 0 fully saturated rings. The molecule has 5 nitrogen and oxygen atoms in total. The Morgan fingerprint density at radius 2 is 2.33 bits per heavy atom. The van der Waals surface area contributed by atoms with Crippen LogP contribution in [0.25, 0.3) is 0 Å². The molecule has 18 heavy (non-hydrogen) atoms. The van der Waals surface area contributed by atoms with Crippen LogP contribution >= 0.6 is 23.1 Å². The number of aromatic nitrogens is 2. The molecule has 94 valence electrons. The van der Waals surface area contributed by atoms with E-state index in [1.165, 1.54) is 0 Å². The van der Waals surface area contributed by atoms with E-state index >= 15 is 0 Å².